The number of fused-ring (bicyclic) bond motifs is 1. The van der Waals surface area contributed by atoms with Crippen LogP contribution >= 0.6 is 0 Å². The Morgan fingerprint density at radius 3 is 2.55 bits per heavy atom. The Morgan fingerprint density at radius 2 is 1.85 bits per heavy atom. The predicted molar refractivity (Wildman–Crippen MR) is 84.9 cm³/mol. The van der Waals surface area contributed by atoms with Crippen LogP contribution in [0.2, 0.25) is 0 Å². The number of hydrogen-bond acceptors (Lipinski definition) is 0. The van der Waals surface area contributed by atoms with Crippen LogP contribution < -0.4 is 4.57 Å². The molecular weight excluding hydrogens is 244 g/mol. The summed E-state index contributed by atoms with van der Waals surface area (Å²) in [6.45, 7) is 11.7. The van der Waals surface area contributed by atoms with E-state index < -0.39 is 0 Å². The monoisotopic (exact) mass is 277 g/mol. The summed E-state index contributed by atoms with van der Waals surface area (Å²) in [6.07, 6.45) is 13.2. The minimum Gasteiger partial charge on any atom is -0.234 e. The van der Waals surface area contributed by atoms with Gasteiger partial charge < -0.3 is 0 Å². The van der Waals surface area contributed by atoms with Gasteiger partial charge in [-0.2, -0.15) is 0 Å². The van der Waals surface area contributed by atoms with E-state index in [1.807, 2.05) is 0 Å². The molecule has 1 heterocycles. The second kappa shape index (κ2) is 6.78. The van der Waals surface area contributed by atoms with Crippen molar-refractivity contribution in [2.45, 2.75) is 92.2 Å². The zero-order valence-corrected chi connectivity index (χ0v) is 14.0. The van der Waals surface area contributed by atoms with Crippen LogP contribution in [0.4, 0.5) is 0 Å². The van der Waals surface area contributed by atoms with Crippen molar-refractivity contribution < 1.29 is 4.57 Å². The summed E-state index contributed by atoms with van der Waals surface area (Å²) < 4.78 is 5.12. The minimum absolute atomic E-state index is 0.365. The fourth-order valence-corrected chi connectivity index (χ4v) is 3.35. The van der Waals surface area contributed by atoms with Gasteiger partial charge in [0.05, 0.1) is 13.1 Å². The first-order chi connectivity index (χ1) is 9.51. The summed E-state index contributed by atoms with van der Waals surface area (Å²) in [5, 5.41) is 0. The van der Waals surface area contributed by atoms with Crippen LogP contribution in [-0.2, 0) is 25.9 Å². The highest BCUT2D eigenvalue weighted by Crippen LogP contribution is 2.22. The van der Waals surface area contributed by atoms with Gasteiger partial charge >= 0.3 is 0 Å². The van der Waals surface area contributed by atoms with Gasteiger partial charge in [-0.05, 0) is 31.1 Å². The molecule has 2 rings (SSSR count). The molecule has 0 saturated heterocycles. The van der Waals surface area contributed by atoms with Gasteiger partial charge in [0.1, 0.15) is 11.4 Å². The maximum absolute atomic E-state index is 2.57. The lowest BCUT2D eigenvalue weighted by atomic mass is 9.95. The van der Waals surface area contributed by atoms with E-state index in [1.54, 1.807) is 11.4 Å². The molecule has 0 fully saturated rings. The molecule has 0 bridgehead atoms. The Bertz CT molecular complexity index is 423. The standard InChI is InChI=1S/C18H33N2/c1-5-6-7-10-13-19-15-20(14-18(2,3)4)17-12-9-8-11-16(17)19/h15H,5-14H2,1-4H3/q+1. The van der Waals surface area contributed by atoms with E-state index in [2.05, 4.69) is 43.2 Å². The van der Waals surface area contributed by atoms with Gasteiger partial charge in [0, 0.05) is 12.8 Å². The van der Waals surface area contributed by atoms with Crippen molar-refractivity contribution in [1.82, 2.24) is 4.57 Å². The molecule has 114 valence electrons. The molecular formula is C18H33N2+. The van der Waals surface area contributed by atoms with E-state index in [1.165, 1.54) is 57.9 Å². The first-order valence-corrected chi connectivity index (χ1v) is 8.61. The van der Waals surface area contributed by atoms with E-state index in [4.69, 9.17) is 0 Å². The number of imidazole rings is 1. The normalized spacial score (nSPS) is 15.4. The minimum atomic E-state index is 0.365. The third-order valence-corrected chi connectivity index (χ3v) is 4.28. The van der Waals surface area contributed by atoms with Crippen molar-refractivity contribution in [3.63, 3.8) is 0 Å². The molecule has 0 atom stereocenters. The third kappa shape index (κ3) is 4.10. The van der Waals surface area contributed by atoms with E-state index in [-0.39, 0.29) is 0 Å². The average Bonchev–Trinajstić information content (AvgIpc) is 2.72. The van der Waals surface area contributed by atoms with E-state index in [0.717, 1.165) is 6.54 Å². The molecule has 2 heteroatoms. The number of hydrogen-bond donors (Lipinski definition) is 0. The maximum atomic E-state index is 2.57. The van der Waals surface area contributed by atoms with Crippen LogP contribution in [0.3, 0.4) is 0 Å². The molecule has 0 aromatic carbocycles. The highest BCUT2D eigenvalue weighted by molar-refractivity contribution is 5.11. The Hall–Kier alpha value is -0.790. The molecule has 1 aliphatic carbocycles. The molecule has 1 aromatic heterocycles. The smallest absolute Gasteiger partial charge is 0.234 e. The summed E-state index contributed by atoms with van der Waals surface area (Å²) in [5.41, 5.74) is 3.63. The number of unbranched alkanes of at least 4 members (excludes halogenated alkanes) is 3. The molecule has 0 unspecified atom stereocenters. The predicted octanol–water partition coefficient (Wildman–Crippen LogP) is 4.28. The molecule has 0 spiro atoms. The van der Waals surface area contributed by atoms with Gasteiger partial charge in [0.15, 0.2) is 0 Å². The molecule has 0 radical (unpaired) electrons. The fraction of sp³-hybridized carbons (Fsp3) is 0.833. The van der Waals surface area contributed by atoms with Crippen LogP contribution in [0.25, 0.3) is 0 Å². The van der Waals surface area contributed by atoms with Crippen LogP contribution in [0.5, 0.6) is 0 Å². The molecule has 0 N–H and O–H groups in total. The van der Waals surface area contributed by atoms with Crippen LogP contribution in [-0.4, -0.2) is 4.57 Å². The lowest BCUT2D eigenvalue weighted by molar-refractivity contribution is -0.714. The van der Waals surface area contributed by atoms with Gasteiger partial charge in [0.2, 0.25) is 6.33 Å². The van der Waals surface area contributed by atoms with E-state index >= 15 is 0 Å². The lowest BCUT2D eigenvalue weighted by Crippen LogP contribution is -2.42. The molecule has 0 saturated carbocycles. The van der Waals surface area contributed by atoms with Crippen molar-refractivity contribution >= 4 is 0 Å². The Kier molecular flexibility index (Phi) is 5.29. The summed E-state index contributed by atoms with van der Waals surface area (Å²) >= 11 is 0. The van der Waals surface area contributed by atoms with Crippen molar-refractivity contribution in [2.75, 3.05) is 0 Å². The second-order valence-corrected chi connectivity index (χ2v) is 7.66. The summed E-state index contributed by atoms with van der Waals surface area (Å²) in [5.74, 6) is 0. The quantitative estimate of drug-likeness (QED) is 0.542. The van der Waals surface area contributed by atoms with Crippen molar-refractivity contribution in [3.05, 3.63) is 17.7 Å². The van der Waals surface area contributed by atoms with Gasteiger partial charge in [-0.25, -0.2) is 9.13 Å². The molecule has 1 aliphatic rings. The number of rotatable bonds is 6. The molecule has 0 aliphatic heterocycles. The van der Waals surface area contributed by atoms with E-state index in [9.17, 15) is 0 Å². The van der Waals surface area contributed by atoms with Crippen molar-refractivity contribution in [3.8, 4) is 0 Å². The molecule has 1 aromatic rings. The number of nitrogens with zero attached hydrogens (tertiary/aromatic N) is 2. The molecule has 20 heavy (non-hydrogen) atoms. The Labute approximate surface area is 125 Å². The molecule has 2 nitrogen and oxygen atoms in total. The van der Waals surface area contributed by atoms with Crippen LogP contribution in [0, 0.1) is 5.41 Å². The zero-order valence-electron chi connectivity index (χ0n) is 14.0. The highest BCUT2D eigenvalue weighted by atomic mass is 15.1. The second-order valence-electron chi connectivity index (χ2n) is 7.66. The SMILES string of the molecule is CCCCCCn1c[n+](CC(C)(C)C)c2c1CCCC2. The van der Waals surface area contributed by atoms with Crippen molar-refractivity contribution in [1.29, 1.82) is 0 Å². The average molecular weight is 277 g/mol. The summed E-state index contributed by atoms with van der Waals surface area (Å²) in [4.78, 5) is 0. The lowest BCUT2D eigenvalue weighted by Gasteiger charge is -2.17. The van der Waals surface area contributed by atoms with Crippen LogP contribution in [0.15, 0.2) is 6.33 Å². The van der Waals surface area contributed by atoms with Gasteiger partial charge in [-0.1, -0.05) is 40.5 Å². The Morgan fingerprint density at radius 1 is 1.10 bits per heavy atom. The van der Waals surface area contributed by atoms with Gasteiger partial charge in [-0.15, -0.1) is 0 Å². The molecule has 0 amide bonds. The largest absolute Gasteiger partial charge is 0.244 e. The topological polar surface area (TPSA) is 8.81 Å². The first kappa shape index (κ1) is 15.6. The van der Waals surface area contributed by atoms with Gasteiger partial charge in [-0.3, -0.25) is 0 Å². The van der Waals surface area contributed by atoms with Crippen molar-refractivity contribution in [2.24, 2.45) is 5.41 Å². The zero-order chi connectivity index (χ0) is 14.6. The number of aryl methyl sites for hydroxylation is 1. The fourth-order valence-electron chi connectivity index (χ4n) is 3.35. The van der Waals surface area contributed by atoms with Crippen LogP contribution in [0.1, 0.15) is 77.6 Å². The maximum Gasteiger partial charge on any atom is 0.244 e. The summed E-state index contributed by atoms with van der Waals surface area (Å²) in [6, 6.07) is 0. The highest BCUT2D eigenvalue weighted by Gasteiger charge is 2.27. The van der Waals surface area contributed by atoms with E-state index in [0.29, 0.717) is 5.41 Å². The first-order valence-electron chi connectivity index (χ1n) is 8.61. The summed E-state index contributed by atoms with van der Waals surface area (Å²) in [7, 11) is 0. The Balaban J connectivity index is 2.11. The number of aromatic nitrogens is 2. The van der Waals surface area contributed by atoms with Gasteiger partial charge in [0.25, 0.3) is 0 Å². The third-order valence-electron chi connectivity index (χ3n) is 4.28.